The molecule has 2 N–H and O–H groups in total. The van der Waals surface area contributed by atoms with Crippen molar-refractivity contribution in [1.82, 2.24) is 4.98 Å². The van der Waals surface area contributed by atoms with Crippen molar-refractivity contribution in [2.75, 3.05) is 5.73 Å². The summed E-state index contributed by atoms with van der Waals surface area (Å²) in [7, 11) is 0. The normalized spacial score (nSPS) is 10.2. The molecule has 0 fully saturated rings. The predicted molar refractivity (Wildman–Crippen MR) is 80.4 cm³/mol. The zero-order valence-corrected chi connectivity index (χ0v) is 12.3. The van der Waals surface area contributed by atoms with Gasteiger partial charge in [-0.3, -0.25) is 0 Å². The van der Waals surface area contributed by atoms with E-state index in [2.05, 4.69) is 11.1 Å². The molecule has 1 aromatic heterocycles. The molecule has 1 aromatic carbocycles. The number of anilines is 1. The first-order valence-electron chi connectivity index (χ1n) is 6.61. The first-order valence-corrected chi connectivity index (χ1v) is 6.61. The molecule has 0 radical (unpaired) electrons. The number of aromatic nitrogens is 1. The number of rotatable bonds is 4. The van der Waals surface area contributed by atoms with Gasteiger partial charge in [0.15, 0.2) is 0 Å². The Morgan fingerprint density at radius 3 is 2.67 bits per heavy atom. The number of aryl methyl sites for hydroxylation is 1. The van der Waals surface area contributed by atoms with Gasteiger partial charge >= 0.3 is 0 Å². The summed E-state index contributed by atoms with van der Waals surface area (Å²) in [5.74, 6) is 1.30. The highest BCUT2D eigenvalue weighted by Gasteiger charge is 2.09. The van der Waals surface area contributed by atoms with Gasteiger partial charge in [0.05, 0.1) is 23.4 Å². The van der Waals surface area contributed by atoms with Crippen LogP contribution in [0.25, 0.3) is 0 Å². The van der Waals surface area contributed by atoms with Gasteiger partial charge in [0.2, 0.25) is 11.8 Å². The third kappa shape index (κ3) is 3.63. The third-order valence-electron chi connectivity index (χ3n) is 2.74. The molecule has 5 nitrogen and oxygen atoms in total. The van der Waals surface area contributed by atoms with E-state index in [4.69, 9.17) is 20.5 Å². The maximum Gasteiger partial charge on any atom is 0.240 e. The molecule has 0 spiro atoms. The lowest BCUT2D eigenvalue weighted by atomic mass is 10.1. The van der Waals surface area contributed by atoms with Crippen LogP contribution in [0.15, 0.2) is 30.3 Å². The number of nitrogens with zero attached hydrogens (tertiary/aromatic N) is 2. The smallest absolute Gasteiger partial charge is 0.240 e. The van der Waals surface area contributed by atoms with Crippen LogP contribution in [0, 0.1) is 18.3 Å². The van der Waals surface area contributed by atoms with Crippen LogP contribution >= 0.6 is 0 Å². The summed E-state index contributed by atoms with van der Waals surface area (Å²) >= 11 is 0. The van der Waals surface area contributed by atoms with Gasteiger partial charge < -0.3 is 15.2 Å². The van der Waals surface area contributed by atoms with Crippen LogP contribution < -0.4 is 15.2 Å². The number of ether oxygens (including phenoxy) is 2. The number of pyridine rings is 1. The Hall–Kier alpha value is -2.74. The average molecular weight is 283 g/mol. The predicted octanol–water partition coefficient (Wildman–Crippen LogP) is 3.42. The number of nitriles is 1. The SMILES string of the molecule is Cc1ccc(C#N)cc1Oc1ccc(N)c(OC(C)C)n1. The van der Waals surface area contributed by atoms with E-state index in [1.165, 1.54) is 0 Å². The van der Waals surface area contributed by atoms with Crippen LogP contribution in [0.1, 0.15) is 25.0 Å². The lowest BCUT2D eigenvalue weighted by molar-refractivity contribution is 0.232. The van der Waals surface area contributed by atoms with Crippen LogP contribution in [0.2, 0.25) is 0 Å². The molecular weight excluding hydrogens is 266 g/mol. The molecule has 2 rings (SSSR count). The first kappa shape index (κ1) is 14.7. The second kappa shape index (κ2) is 6.14. The third-order valence-corrected chi connectivity index (χ3v) is 2.74. The van der Waals surface area contributed by atoms with Crippen LogP contribution in [0.3, 0.4) is 0 Å². The molecule has 0 aliphatic rings. The standard InChI is InChI=1S/C16H17N3O2/c1-10(2)20-16-13(18)6-7-15(19-16)21-14-8-12(9-17)5-4-11(14)3/h4-8,10H,18H2,1-3H3. The average Bonchev–Trinajstić information content (AvgIpc) is 2.44. The van der Waals surface area contributed by atoms with Gasteiger partial charge in [-0.15, -0.1) is 0 Å². The van der Waals surface area contributed by atoms with Crippen molar-refractivity contribution in [1.29, 1.82) is 5.26 Å². The summed E-state index contributed by atoms with van der Waals surface area (Å²) in [5.41, 5.74) is 7.73. The summed E-state index contributed by atoms with van der Waals surface area (Å²) in [6.07, 6.45) is -0.0290. The summed E-state index contributed by atoms with van der Waals surface area (Å²) in [4.78, 5) is 4.25. The second-order valence-electron chi connectivity index (χ2n) is 4.90. The summed E-state index contributed by atoms with van der Waals surface area (Å²) < 4.78 is 11.3. The van der Waals surface area contributed by atoms with Crippen molar-refractivity contribution in [3.63, 3.8) is 0 Å². The molecule has 0 atom stereocenters. The fourth-order valence-electron chi connectivity index (χ4n) is 1.70. The largest absolute Gasteiger partial charge is 0.473 e. The van der Waals surface area contributed by atoms with Gasteiger partial charge in [0, 0.05) is 6.07 Å². The van der Waals surface area contributed by atoms with Crippen molar-refractivity contribution >= 4 is 5.69 Å². The molecule has 0 bridgehead atoms. The minimum Gasteiger partial charge on any atom is -0.473 e. The van der Waals surface area contributed by atoms with E-state index in [0.717, 1.165) is 5.56 Å². The van der Waals surface area contributed by atoms with Gasteiger partial charge in [-0.1, -0.05) is 6.07 Å². The van der Waals surface area contributed by atoms with E-state index < -0.39 is 0 Å². The monoisotopic (exact) mass is 283 g/mol. The van der Waals surface area contributed by atoms with Gasteiger partial charge in [-0.05, 0) is 44.5 Å². The molecule has 0 saturated heterocycles. The molecule has 0 aliphatic heterocycles. The van der Waals surface area contributed by atoms with Crippen LogP contribution in [-0.4, -0.2) is 11.1 Å². The molecular formula is C16H17N3O2. The molecule has 5 heteroatoms. The Morgan fingerprint density at radius 2 is 2.00 bits per heavy atom. The Balaban J connectivity index is 2.30. The number of nitrogen functional groups attached to an aromatic ring is 1. The molecule has 108 valence electrons. The lowest BCUT2D eigenvalue weighted by Crippen LogP contribution is -2.09. The van der Waals surface area contributed by atoms with Gasteiger partial charge in [-0.25, -0.2) is 0 Å². The lowest BCUT2D eigenvalue weighted by Gasteiger charge is -2.13. The van der Waals surface area contributed by atoms with E-state index in [-0.39, 0.29) is 6.10 Å². The molecule has 21 heavy (non-hydrogen) atoms. The molecule has 2 aromatic rings. The van der Waals surface area contributed by atoms with Crippen molar-refractivity contribution in [2.24, 2.45) is 0 Å². The molecule has 1 heterocycles. The summed E-state index contributed by atoms with van der Waals surface area (Å²) in [6, 6.07) is 10.7. The zero-order valence-electron chi connectivity index (χ0n) is 12.3. The quantitative estimate of drug-likeness (QED) is 0.929. The Morgan fingerprint density at radius 1 is 1.24 bits per heavy atom. The summed E-state index contributed by atoms with van der Waals surface area (Å²) in [5, 5.41) is 8.94. The van der Waals surface area contributed by atoms with E-state index >= 15 is 0 Å². The van der Waals surface area contributed by atoms with E-state index in [9.17, 15) is 0 Å². The molecule has 0 amide bonds. The molecule has 0 unspecified atom stereocenters. The van der Waals surface area contributed by atoms with Crippen molar-refractivity contribution in [3.05, 3.63) is 41.5 Å². The Labute approximate surface area is 123 Å². The summed E-state index contributed by atoms with van der Waals surface area (Å²) in [6.45, 7) is 5.70. The van der Waals surface area contributed by atoms with Crippen molar-refractivity contribution in [3.8, 4) is 23.6 Å². The highest BCUT2D eigenvalue weighted by Crippen LogP contribution is 2.28. The van der Waals surface area contributed by atoms with Gasteiger partial charge in [0.25, 0.3) is 0 Å². The van der Waals surface area contributed by atoms with E-state index in [1.54, 1.807) is 24.3 Å². The van der Waals surface area contributed by atoms with Crippen LogP contribution in [0.4, 0.5) is 5.69 Å². The Kier molecular flexibility index (Phi) is 4.29. The number of hydrogen-bond donors (Lipinski definition) is 1. The fourth-order valence-corrected chi connectivity index (χ4v) is 1.70. The van der Waals surface area contributed by atoms with Crippen molar-refractivity contribution in [2.45, 2.75) is 26.9 Å². The van der Waals surface area contributed by atoms with Gasteiger partial charge in [-0.2, -0.15) is 10.2 Å². The number of nitrogens with two attached hydrogens (primary N) is 1. The zero-order chi connectivity index (χ0) is 15.4. The van der Waals surface area contributed by atoms with Gasteiger partial charge in [0.1, 0.15) is 5.75 Å². The molecule has 0 aliphatic carbocycles. The maximum atomic E-state index is 8.94. The highest BCUT2D eigenvalue weighted by molar-refractivity contribution is 5.50. The van der Waals surface area contributed by atoms with Crippen molar-refractivity contribution < 1.29 is 9.47 Å². The topological polar surface area (TPSA) is 81.2 Å². The van der Waals surface area contributed by atoms with E-state index in [0.29, 0.717) is 28.8 Å². The molecule has 0 saturated carbocycles. The minimum absolute atomic E-state index is 0.0290. The minimum atomic E-state index is -0.0290. The second-order valence-corrected chi connectivity index (χ2v) is 4.90. The number of benzene rings is 1. The maximum absolute atomic E-state index is 8.94. The fraction of sp³-hybridized carbons (Fsp3) is 0.250. The highest BCUT2D eigenvalue weighted by atomic mass is 16.5. The van der Waals surface area contributed by atoms with E-state index in [1.807, 2.05) is 26.8 Å². The first-order chi connectivity index (χ1) is 9.99. The van der Waals surface area contributed by atoms with Crippen LogP contribution in [0.5, 0.6) is 17.5 Å². The Bertz CT molecular complexity index is 690. The van der Waals surface area contributed by atoms with Crippen LogP contribution in [-0.2, 0) is 0 Å². The number of hydrogen-bond acceptors (Lipinski definition) is 5.